The summed E-state index contributed by atoms with van der Waals surface area (Å²) in [6.07, 6.45) is 0.153. The second-order valence-corrected chi connectivity index (χ2v) is 3.18. The Morgan fingerprint density at radius 3 is 2.73 bits per heavy atom. The normalized spacial score (nSPS) is 12.5. The monoisotopic (exact) mass is 214 g/mol. The van der Waals surface area contributed by atoms with Crippen molar-refractivity contribution < 1.29 is 14.4 Å². The summed E-state index contributed by atoms with van der Waals surface area (Å²) in [5.74, 6) is -0.673. The Labute approximate surface area is 85.5 Å². The summed E-state index contributed by atoms with van der Waals surface area (Å²) >= 11 is 0. The number of benzene rings is 1. The van der Waals surface area contributed by atoms with Gasteiger partial charge in [0.1, 0.15) is 5.82 Å². The summed E-state index contributed by atoms with van der Waals surface area (Å²) in [7, 11) is 0. The van der Waals surface area contributed by atoms with Gasteiger partial charge in [-0.2, -0.15) is 0 Å². The van der Waals surface area contributed by atoms with E-state index in [2.05, 4.69) is 0 Å². The van der Waals surface area contributed by atoms with E-state index >= 15 is 0 Å². The molecule has 1 atom stereocenters. The molecule has 1 unspecified atom stereocenters. The van der Waals surface area contributed by atoms with Crippen LogP contribution in [0, 0.1) is 15.9 Å². The lowest BCUT2D eigenvalue weighted by atomic mass is 10.1. The summed E-state index contributed by atoms with van der Waals surface area (Å²) in [4.78, 5) is 9.65. The molecule has 1 aromatic carbocycles. The molecule has 15 heavy (non-hydrogen) atoms. The molecular formula is C9H11FN2O3. The van der Waals surface area contributed by atoms with E-state index in [1.807, 2.05) is 0 Å². The Kier molecular flexibility index (Phi) is 3.70. The minimum Gasteiger partial charge on any atom is -0.395 e. The lowest BCUT2D eigenvalue weighted by molar-refractivity contribution is -0.385. The molecule has 5 nitrogen and oxygen atoms in total. The number of non-ortho nitro benzene ring substituents is 1. The van der Waals surface area contributed by atoms with Crippen LogP contribution in [-0.4, -0.2) is 22.7 Å². The summed E-state index contributed by atoms with van der Waals surface area (Å²) in [6, 6.07) is 2.81. The standard InChI is InChI=1S/C9H11FN2O3/c10-9-4-8(12(14)15)2-1-6(9)3-7(11)5-13/h1-2,4,7,13H,3,5,11H2. The number of nitro groups is 1. The molecule has 1 aromatic rings. The maximum atomic E-state index is 13.3. The molecule has 0 radical (unpaired) electrons. The lowest BCUT2D eigenvalue weighted by Crippen LogP contribution is -2.27. The predicted octanol–water partition coefficient (Wildman–Crippen LogP) is 0.596. The highest BCUT2D eigenvalue weighted by Gasteiger charge is 2.12. The van der Waals surface area contributed by atoms with Crippen molar-refractivity contribution in [3.05, 3.63) is 39.7 Å². The first-order valence-corrected chi connectivity index (χ1v) is 4.34. The predicted molar refractivity (Wildman–Crippen MR) is 51.8 cm³/mol. The van der Waals surface area contributed by atoms with E-state index in [-0.39, 0.29) is 24.3 Å². The zero-order valence-electron chi connectivity index (χ0n) is 7.89. The molecule has 0 heterocycles. The van der Waals surface area contributed by atoms with Crippen molar-refractivity contribution in [2.24, 2.45) is 5.73 Å². The van der Waals surface area contributed by atoms with Gasteiger partial charge in [0.2, 0.25) is 0 Å². The van der Waals surface area contributed by atoms with Crippen LogP contribution in [0.4, 0.5) is 10.1 Å². The molecule has 0 saturated heterocycles. The maximum absolute atomic E-state index is 13.3. The summed E-state index contributed by atoms with van der Waals surface area (Å²) in [6.45, 7) is -0.254. The first kappa shape index (κ1) is 11.5. The second-order valence-electron chi connectivity index (χ2n) is 3.18. The van der Waals surface area contributed by atoms with Crippen LogP contribution in [0.25, 0.3) is 0 Å². The number of rotatable bonds is 4. The molecule has 82 valence electrons. The molecule has 0 aliphatic rings. The molecule has 0 bridgehead atoms. The number of aliphatic hydroxyl groups excluding tert-OH is 1. The zero-order chi connectivity index (χ0) is 11.4. The average Bonchev–Trinajstić information content (AvgIpc) is 2.20. The molecular weight excluding hydrogens is 203 g/mol. The van der Waals surface area contributed by atoms with Crippen molar-refractivity contribution in [1.29, 1.82) is 0 Å². The van der Waals surface area contributed by atoms with Crippen molar-refractivity contribution in [2.45, 2.75) is 12.5 Å². The van der Waals surface area contributed by atoms with Crippen LogP contribution in [-0.2, 0) is 6.42 Å². The fourth-order valence-electron chi connectivity index (χ4n) is 1.16. The van der Waals surface area contributed by atoms with Crippen molar-refractivity contribution in [3.63, 3.8) is 0 Å². The summed E-state index contributed by atoms with van der Waals surface area (Å²) < 4.78 is 13.3. The number of aliphatic hydroxyl groups is 1. The third-order valence-electron chi connectivity index (χ3n) is 1.96. The van der Waals surface area contributed by atoms with Crippen LogP contribution in [0.3, 0.4) is 0 Å². The van der Waals surface area contributed by atoms with Crippen molar-refractivity contribution in [2.75, 3.05) is 6.61 Å². The second kappa shape index (κ2) is 4.81. The number of nitrogens with zero attached hydrogens (tertiary/aromatic N) is 1. The third kappa shape index (κ3) is 2.97. The topological polar surface area (TPSA) is 89.4 Å². The molecule has 0 saturated carbocycles. The number of nitrogens with two attached hydrogens (primary N) is 1. The molecule has 6 heteroatoms. The van der Waals surface area contributed by atoms with Gasteiger partial charge in [-0.15, -0.1) is 0 Å². The van der Waals surface area contributed by atoms with Crippen molar-refractivity contribution in [3.8, 4) is 0 Å². The van der Waals surface area contributed by atoms with Crippen LogP contribution in [0.2, 0.25) is 0 Å². The molecule has 0 fully saturated rings. The van der Waals surface area contributed by atoms with Crippen molar-refractivity contribution in [1.82, 2.24) is 0 Å². The van der Waals surface area contributed by atoms with Gasteiger partial charge in [-0.25, -0.2) is 4.39 Å². The highest BCUT2D eigenvalue weighted by Crippen LogP contribution is 2.17. The number of halogens is 1. The maximum Gasteiger partial charge on any atom is 0.272 e. The number of hydrogen-bond donors (Lipinski definition) is 2. The Balaban J connectivity index is 2.88. The van der Waals surface area contributed by atoms with Gasteiger partial charge >= 0.3 is 0 Å². The van der Waals surface area contributed by atoms with Crippen molar-refractivity contribution >= 4 is 5.69 Å². The molecule has 1 rings (SSSR count). The average molecular weight is 214 g/mol. The van der Waals surface area contributed by atoms with E-state index < -0.39 is 16.8 Å². The Hall–Kier alpha value is -1.53. The highest BCUT2D eigenvalue weighted by atomic mass is 19.1. The van der Waals surface area contributed by atoms with Crippen LogP contribution in [0.5, 0.6) is 0 Å². The van der Waals surface area contributed by atoms with Gasteiger partial charge in [0.15, 0.2) is 0 Å². The van der Waals surface area contributed by atoms with E-state index in [0.29, 0.717) is 0 Å². The van der Waals surface area contributed by atoms with E-state index in [9.17, 15) is 14.5 Å². The van der Waals surface area contributed by atoms with Crippen LogP contribution in [0.1, 0.15) is 5.56 Å². The van der Waals surface area contributed by atoms with Gasteiger partial charge in [0.05, 0.1) is 17.6 Å². The van der Waals surface area contributed by atoms with Crippen LogP contribution < -0.4 is 5.73 Å². The van der Waals surface area contributed by atoms with Gasteiger partial charge in [-0.3, -0.25) is 10.1 Å². The molecule has 0 aliphatic carbocycles. The fraction of sp³-hybridized carbons (Fsp3) is 0.333. The minimum atomic E-state index is -0.673. The quantitative estimate of drug-likeness (QED) is 0.567. The Morgan fingerprint density at radius 1 is 1.60 bits per heavy atom. The smallest absolute Gasteiger partial charge is 0.272 e. The van der Waals surface area contributed by atoms with E-state index in [0.717, 1.165) is 6.07 Å². The largest absolute Gasteiger partial charge is 0.395 e. The first-order chi connectivity index (χ1) is 7.04. The molecule has 0 amide bonds. The van der Waals surface area contributed by atoms with E-state index in [1.54, 1.807) is 0 Å². The fourth-order valence-corrected chi connectivity index (χ4v) is 1.16. The number of hydrogen-bond acceptors (Lipinski definition) is 4. The Bertz CT molecular complexity index is 370. The van der Waals surface area contributed by atoms with E-state index in [4.69, 9.17) is 10.8 Å². The summed E-state index contributed by atoms with van der Waals surface area (Å²) in [5, 5.41) is 19.0. The summed E-state index contributed by atoms with van der Waals surface area (Å²) in [5.41, 5.74) is 5.39. The third-order valence-corrected chi connectivity index (χ3v) is 1.96. The van der Waals surface area contributed by atoms with Crippen LogP contribution in [0.15, 0.2) is 18.2 Å². The molecule has 0 aromatic heterocycles. The lowest BCUT2D eigenvalue weighted by Gasteiger charge is -2.08. The van der Waals surface area contributed by atoms with Crippen LogP contribution >= 0.6 is 0 Å². The van der Waals surface area contributed by atoms with Gasteiger partial charge < -0.3 is 10.8 Å². The highest BCUT2D eigenvalue weighted by molar-refractivity contribution is 5.34. The van der Waals surface area contributed by atoms with Gasteiger partial charge in [0.25, 0.3) is 5.69 Å². The van der Waals surface area contributed by atoms with E-state index in [1.165, 1.54) is 12.1 Å². The van der Waals surface area contributed by atoms with Gasteiger partial charge in [-0.05, 0) is 18.1 Å². The first-order valence-electron chi connectivity index (χ1n) is 4.34. The minimum absolute atomic E-state index is 0.153. The van der Waals surface area contributed by atoms with Gasteiger partial charge in [-0.1, -0.05) is 0 Å². The molecule has 0 aliphatic heterocycles. The zero-order valence-corrected chi connectivity index (χ0v) is 7.89. The molecule has 3 N–H and O–H groups in total. The number of nitro benzene ring substituents is 1. The van der Waals surface area contributed by atoms with Gasteiger partial charge in [0, 0.05) is 12.1 Å². The molecule has 0 spiro atoms. The SMILES string of the molecule is NC(CO)Cc1ccc([N+](=O)[O-])cc1F. The Morgan fingerprint density at radius 2 is 2.27 bits per heavy atom.